The van der Waals surface area contributed by atoms with Crippen molar-refractivity contribution in [1.29, 1.82) is 0 Å². The van der Waals surface area contributed by atoms with Crippen molar-refractivity contribution in [2.45, 2.75) is 13.0 Å². The number of H-pyrrole nitrogens is 1. The van der Waals surface area contributed by atoms with E-state index in [1.165, 1.54) is 17.1 Å². The van der Waals surface area contributed by atoms with Gasteiger partial charge < -0.3 is 14.2 Å². The topological polar surface area (TPSA) is 109 Å². The first-order valence-electron chi connectivity index (χ1n) is 9.36. The molecule has 1 fully saturated rings. The number of nitrogens with one attached hydrogen (secondary N) is 1. The van der Waals surface area contributed by atoms with Crippen molar-refractivity contribution in [1.82, 2.24) is 19.4 Å². The maximum Gasteiger partial charge on any atom is 0.328 e. The fourth-order valence-corrected chi connectivity index (χ4v) is 3.56. The molecule has 1 N–H and O–H groups in total. The highest BCUT2D eigenvalue weighted by Crippen LogP contribution is 2.11. The number of furan rings is 1. The van der Waals surface area contributed by atoms with Gasteiger partial charge in [-0.3, -0.25) is 23.9 Å². The molecular formula is C20H20N4O5. The summed E-state index contributed by atoms with van der Waals surface area (Å²) in [7, 11) is 0. The molecule has 0 aliphatic carbocycles. The number of amides is 2. The molecule has 0 bridgehead atoms. The number of hydrogen-bond acceptors (Lipinski definition) is 5. The largest absolute Gasteiger partial charge is 0.472 e. The zero-order valence-corrected chi connectivity index (χ0v) is 15.7. The Balaban J connectivity index is 1.39. The first kappa shape index (κ1) is 18.7. The van der Waals surface area contributed by atoms with Crippen molar-refractivity contribution < 1.29 is 14.0 Å². The van der Waals surface area contributed by atoms with Crippen LogP contribution in [0.2, 0.25) is 0 Å². The van der Waals surface area contributed by atoms with E-state index in [4.69, 9.17) is 4.42 Å². The van der Waals surface area contributed by atoms with E-state index in [-0.39, 0.29) is 24.8 Å². The van der Waals surface area contributed by atoms with Gasteiger partial charge in [0.1, 0.15) is 6.26 Å². The van der Waals surface area contributed by atoms with Crippen LogP contribution >= 0.6 is 0 Å². The molecule has 1 saturated heterocycles. The average molecular weight is 396 g/mol. The van der Waals surface area contributed by atoms with Gasteiger partial charge in [0.25, 0.3) is 11.5 Å². The Labute approximate surface area is 165 Å². The number of hydrogen-bond donors (Lipinski definition) is 1. The number of fused-ring (bicyclic) bond motifs is 1. The highest BCUT2D eigenvalue weighted by molar-refractivity contribution is 5.94. The van der Waals surface area contributed by atoms with Crippen molar-refractivity contribution in [2.24, 2.45) is 0 Å². The lowest BCUT2D eigenvalue weighted by Gasteiger charge is -2.34. The quantitative estimate of drug-likeness (QED) is 0.697. The summed E-state index contributed by atoms with van der Waals surface area (Å²) < 4.78 is 6.36. The van der Waals surface area contributed by atoms with Crippen LogP contribution in [0, 0.1) is 0 Å². The molecule has 0 unspecified atom stereocenters. The maximum absolute atomic E-state index is 12.6. The molecule has 0 saturated carbocycles. The van der Waals surface area contributed by atoms with Gasteiger partial charge in [0.15, 0.2) is 0 Å². The lowest BCUT2D eigenvalue weighted by atomic mass is 10.2. The third kappa shape index (κ3) is 3.71. The van der Waals surface area contributed by atoms with Crippen LogP contribution in [0.3, 0.4) is 0 Å². The molecule has 2 amide bonds. The lowest BCUT2D eigenvalue weighted by molar-refractivity contribution is -0.132. The van der Waals surface area contributed by atoms with Crippen LogP contribution in [-0.2, 0) is 11.3 Å². The van der Waals surface area contributed by atoms with Gasteiger partial charge in [-0.1, -0.05) is 12.1 Å². The first-order chi connectivity index (χ1) is 14.0. The number of aryl methyl sites for hydroxylation is 1. The number of rotatable bonds is 4. The van der Waals surface area contributed by atoms with E-state index in [0.717, 1.165) is 0 Å². The third-order valence-corrected chi connectivity index (χ3v) is 5.14. The van der Waals surface area contributed by atoms with E-state index in [1.54, 1.807) is 40.1 Å². The normalized spacial score (nSPS) is 14.3. The van der Waals surface area contributed by atoms with Crippen molar-refractivity contribution in [3.8, 4) is 0 Å². The van der Waals surface area contributed by atoms with E-state index in [9.17, 15) is 19.2 Å². The van der Waals surface area contributed by atoms with Gasteiger partial charge in [0.2, 0.25) is 5.91 Å². The molecule has 0 radical (unpaired) electrons. The molecule has 29 heavy (non-hydrogen) atoms. The van der Waals surface area contributed by atoms with Crippen molar-refractivity contribution in [2.75, 3.05) is 26.2 Å². The summed E-state index contributed by atoms with van der Waals surface area (Å²) in [5.74, 6) is -0.209. The Kier molecular flexibility index (Phi) is 5.03. The van der Waals surface area contributed by atoms with Crippen LogP contribution in [0.1, 0.15) is 16.8 Å². The van der Waals surface area contributed by atoms with Crippen molar-refractivity contribution in [3.05, 3.63) is 69.3 Å². The van der Waals surface area contributed by atoms with E-state index in [2.05, 4.69) is 4.98 Å². The standard InChI is InChI=1S/C20H20N4O5/c25-17(22-8-10-23(11-9-22)19(27)14-6-12-29-13-14)5-7-24-16-4-2-1-3-15(16)18(26)21-20(24)28/h1-4,6,12-13H,5,7-11H2,(H,21,26,28). The molecule has 3 heterocycles. The van der Waals surface area contributed by atoms with Crippen LogP contribution in [-0.4, -0.2) is 57.3 Å². The molecule has 2 aromatic heterocycles. The number of carbonyl (C=O) groups excluding carboxylic acids is 2. The molecule has 150 valence electrons. The molecule has 1 aliphatic heterocycles. The first-order valence-corrected chi connectivity index (χ1v) is 9.36. The predicted molar refractivity (Wildman–Crippen MR) is 105 cm³/mol. The van der Waals surface area contributed by atoms with E-state index >= 15 is 0 Å². The van der Waals surface area contributed by atoms with Crippen LogP contribution in [0.25, 0.3) is 10.9 Å². The molecule has 9 heteroatoms. The Morgan fingerprint density at radius 1 is 1.00 bits per heavy atom. The van der Waals surface area contributed by atoms with Crippen molar-refractivity contribution >= 4 is 22.7 Å². The molecule has 9 nitrogen and oxygen atoms in total. The van der Waals surface area contributed by atoms with Gasteiger partial charge >= 0.3 is 5.69 Å². The number of aromatic nitrogens is 2. The molecule has 0 spiro atoms. The van der Waals surface area contributed by atoms with Gasteiger partial charge in [0.05, 0.1) is 22.7 Å². The zero-order chi connectivity index (χ0) is 20.4. The number of aromatic amines is 1. The Bertz CT molecular complexity index is 1150. The second kappa shape index (κ2) is 7.78. The number of piperazine rings is 1. The van der Waals surface area contributed by atoms with E-state index in [0.29, 0.717) is 42.6 Å². The molecular weight excluding hydrogens is 376 g/mol. The van der Waals surface area contributed by atoms with Gasteiger partial charge in [0, 0.05) is 39.1 Å². The monoisotopic (exact) mass is 396 g/mol. The number of para-hydroxylation sites is 1. The highest BCUT2D eigenvalue weighted by atomic mass is 16.3. The van der Waals surface area contributed by atoms with Gasteiger partial charge in [-0.05, 0) is 18.2 Å². The van der Waals surface area contributed by atoms with Crippen LogP contribution < -0.4 is 11.2 Å². The molecule has 3 aromatic rings. The number of nitrogens with zero attached hydrogens (tertiary/aromatic N) is 3. The second-order valence-corrected chi connectivity index (χ2v) is 6.86. The van der Waals surface area contributed by atoms with Gasteiger partial charge in [-0.25, -0.2) is 4.79 Å². The summed E-state index contributed by atoms with van der Waals surface area (Å²) in [6.07, 6.45) is 2.99. The minimum Gasteiger partial charge on any atom is -0.472 e. The van der Waals surface area contributed by atoms with Crippen LogP contribution in [0.15, 0.2) is 56.9 Å². The zero-order valence-electron chi connectivity index (χ0n) is 15.7. The average Bonchev–Trinajstić information content (AvgIpc) is 3.28. The fraction of sp³-hybridized carbons (Fsp3) is 0.300. The smallest absolute Gasteiger partial charge is 0.328 e. The Morgan fingerprint density at radius 2 is 1.72 bits per heavy atom. The number of carbonyl (C=O) groups is 2. The van der Waals surface area contributed by atoms with Crippen molar-refractivity contribution in [3.63, 3.8) is 0 Å². The molecule has 0 atom stereocenters. The van der Waals surface area contributed by atoms with E-state index < -0.39 is 11.2 Å². The summed E-state index contributed by atoms with van der Waals surface area (Å²) in [5, 5.41) is 0.408. The summed E-state index contributed by atoms with van der Waals surface area (Å²) in [6.45, 7) is 1.92. The Morgan fingerprint density at radius 3 is 2.45 bits per heavy atom. The van der Waals surface area contributed by atoms with Gasteiger partial charge in [-0.2, -0.15) is 0 Å². The van der Waals surface area contributed by atoms with Crippen LogP contribution in [0.5, 0.6) is 0 Å². The fourth-order valence-electron chi connectivity index (χ4n) is 3.56. The lowest BCUT2D eigenvalue weighted by Crippen LogP contribution is -2.50. The predicted octanol–water partition coefficient (Wildman–Crippen LogP) is 0.657. The van der Waals surface area contributed by atoms with Gasteiger partial charge in [-0.15, -0.1) is 0 Å². The summed E-state index contributed by atoms with van der Waals surface area (Å²) >= 11 is 0. The summed E-state index contributed by atoms with van der Waals surface area (Å²) in [6, 6.07) is 8.42. The summed E-state index contributed by atoms with van der Waals surface area (Å²) in [4.78, 5) is 54.7. The van der Waals surface area contributed by atoms with E-state index in [1.807, 2.05) is 0 Å². The SMILES string of the molecule is O=C(CCn1c(=O)[nH]c(=O)c2ccccc21)N1CCN(C(=O)c2ccoc2)CC1. The molecule has 1 aromatic carbocycles. The maximum atomic E-state index is 12.6. The minimum absolute atomic E-state index is 0.0948. The summed E-state index contributed by atoms with van der Waals surface area (Å²) in [5.41, 5.74) is 0.0299. The molecule has 4 rings (SSSR count). The highest BCUT2D eigenvalue weighted by Gasteiger charge is 2.25. The Hall–Kier alpha value is -3.62. The van der Waals surface area contributed by atoms with Crippen LogP contribution in [0.4, 0.5) is 0 Å². The third-order valence-electron chi connectivity index (χ3n) is 5.14. The minimum atomic E-state index is -0.531. The number of benzene rings is 1. The molecule has 1 aliphatic rings. The second-order valence-electron chi connectivity index (χ2n) is 6.86.